The van der Waals surface area contributed by atoms with Crippen molar-refractivity contribution in [2.24, 2.45) is 0 Å². The standard InChI is InChI=1S/C20H27N3O4/c1-21-20(27)18(6-4-10-24)23(2)12-16-11-14(8-9-15(16)13-25)17-5-3-7-19(26)22-17/h8-11,13,17-18H,3-7,12H2,1-2H3,(H,21,27)(H,22,26). The monoisotopic (exact) mass is 373 g/mol. The highest BCUT2D eigenvalue weighted by Crippen LogP contribution is 2.26. The Kier molecular flexibility index (Phi) is 7.67. The first kappa shape index (κ1) is 20.8. The van der Waals surface area contributed by atoms with Crippen molar-refractivity contribution in [1.82, 2.24) is 15.5 Å². The Morgan fingerprint density at radius 3 is 2.81 bits per heavy atom. The van der Waals surface area contributed by atoms with E-state index in [1.54, 1.807) is 20.2 Å². The minimum absolute atomic E-state index is 0.0397. The lowest BCUT2D eigenvalue weighted by atomic mass is 9.94. The zero-order valence-electron chi connectivity index (χ0n) is 15.9. The van der Waals surface area contributed by atoms with Crippen LogP contribution < -0.4 is 10.6 Å². The zero-order valence-corrected chi connectivity index (χ0v) is 15.9. The maximum Gasteiger partial charge on any atom is 0.237 e. The summed E-state index contributed by atoms with van der Waals surface area (Å²) in [6.45, 7) is 0.388. The summed E-state index contributed by atoms with van der Waals surface area (Å²) in [5.41, 5.74) is 2.31. The van der Waals surface area contributed by atoms with Crippen molar-refractivity contribution < 1.29 is 19.2 Å². The van der Waals surface area contributed by atoms with Crippen LogP contribution in [0.15, 0.2) is 18.2 Å². The number of nitrogens with one attached hydrogen (secondary N) is 2. The number of likely N-dealkylation sites (N-methyl/N-ethyl adjacent to an activating group) is 2. The summed E-state index contributed by atoms with van der Waals surface area (Å²) in [7, 11) is 3.36. The van der Waals surface area contributed by atoms with Gasteiger partial charge in [0.25, 0.3) is 0 Å². The van der Waals surface area contributed by atoms with Crippen LogP contribution in [0.2, 0.25) is 0 Å². The predicted molar refractivity (Wildman–Crippen MR) is 101 cm³/mol. The Labute approximate surface area is 159 Å². The average molecular weight is 373 g/mol. The molecule has 2 rings (SSSR count). The fourth-order valence-electron chi connectivity index (χ4n) is 3.47. The summed E-state index contributed by atoms with van der Waals surface area (Å²) in [6.07, 6.45) is 4.54. The molecule has 2 atom stereocenters. The Bertz CT molecular complexity index is 704. The molecule has 2 N–H and O–H groups in total. The van der Waals surface area contributed by atoms with E-state index in [1.165, 1.54) is 0 Å². The molecule has 1 aliphatic heterocycles. The van der Waals surface area contributed by atoms with E-state index in [2.05, 4.69) is 10.6 Å². The van der Waals surface area contributed by atoms with Crippen LogP contribution in [0.25, 0.3) is 0 Å². The lowest BCUT2D eigenvalue weighted by molar-refractivity contribution is -0.126. The summed E-state index contributed by atoms with van der Waals surface area (Å²) < 4.78 is 0. The lowest BCUT2D eigenvalue weighted by Gasteiger charge is -2.28. The molecule has 1 aromatic carbocycles. The van der Waals surface area contributed by atoms with Gasteiger partial charge in [-0.25, -0.2) is 0 Å². The topological polar surface area (TPSA) is 95.6 Å². The van der Waals surface area contributed by atoms with Gasteiger partial charge in [0, 0.05) is 32.0 Å². The molecule has 1 aromatic rings. The van der Waals surface area contributed by atoms with Crippen molar-refractivity contribution in [1.29, 1.82) is 0 Å². The van der Waals surface area contributed by atoms with Crippen molar-refractivity contribution in [3.8, 4) is 0 Å². The zero-order chi connectivity index (χ0) is 19.8. The van der Waals surface area contributed by atoms with Gasteiger partial charge in [-0.15, -0.1) is 0 Å². The lowest BCUT2D eigenvalue weighted by Crippen LogP contribution is -2.43. The minimum Gasteiger partial charge on any atom is -0.358 e. The minimum atomic E-state index is -0.460. The molecule has 1 fully saturated rings. The van der Waals surface area contributed by atoms with Gasteiger partial charge >= 0.3 is 0 Å². The van der Waals surface area contributed by atoms with E-state index in [0.717, 1.165) is 36.5 Å². The Balaban J connectivity index is 2.22. The fourth-order valence-corrected chi connectivity index (χ4v) is 3.47. The molecule has 0 bridgehead atoms. The first-order chi connectivity index (χ1) is 13.0. The van der Waals surface area contributed by atoms with Gasteiger partial charge in [0.05, 0.1) is 12.1 Å². The van der Waals surface area contributed by atoms with E-state index < -0.39 is 6.04 Å². The SMILES string of the molecule is CNC(=O)C(CCC=O)N(C)Cc1cc(C2CCCC(=O)N2)ccc1C=O. The third-order valence-corrected chi connectivity index (χ3v) is 4.99. The van der Waals surface area contributed by atoms with Gasteiger partial charge in [0.1, 0.15) is 12.6 Å². The summed E-state index contributed by atoms with van der Waals surface area (Å²) in [4.78, 5) is 47.9. The molecule has 1 heterocycles. The van der Waals surface area contributed by atoms with Crippen molar-refractivity contribution in [3.05, 3.63) is 34.9 Å². The summed E-state index contributed by atoms with van der Waals surface area (Å²) in [6, 6.07) is 5.04. The molecular weight excluding hydrogens is 346 g/mol. The van der Waals surface area contributed by atoms with Gasteiger partial charge in [-0.2, -0.15) is 0 Å². The number of benzene rings is 1. The quantitative estimate of drug-likeness (QED) is 0.638. The molecule has 0 aromatic heterocycles. The van der Waals surface area contributed by atoms with Crippen LogP contribution in [0, 0.1) is 0 Å². The molecule has 146 valence electrons. The van der Waals surface area contributed by atoms with E-state index in [9.17, 15) is 19.2 Å². The van der Waals surface area contributed by atoms with Crippen LogP contribution in [0.1, 0.15) is 59.6 Å². The van der Waals surface area contributed by atoms with Gasteiger partial charge in [-0.05, 0) is 37.4 Å². The van der Waals surface area contributed by atoms with Gasteiger partial charge in [-0.3, -0.25) is 19.3 Å². The molecule has 0 spiro atoms. The number of piperidine rings is 1. The maximum absolute atomic E-state index is 12.2. The van der Waals surface area contributed by atoms with Crippen LogP contribution >= 0.6 is 0 Å². The number of carbonyl (C=O) groups is 4. The second-order valence-corrected chi connectivity index (χ2v) is 6.88. The number of hydrogen-bond donors (Lipinski definition) is 2. The van der Waals surface area contributed by atoms with Crippen molar-refractivity contribution in [3.63, 3.8) is 0 Å². The first-order valence-corrected chi connectivity index (χ1v) is 9.23. The normalized spacial score (nSPS) is 17.9. The molecule has 7 nitrogen and oxygen atoms in total. The maximum atomic E-state index is 12.2. The molecule has 0 aliphatic carbocycles. The summed E-state index contributed by atoms with van der Waals surface area (Å²) >= 11 is 0. The van der Waals surface area contributed by atoms with Crippen molar-refractivity contribution in [2.75, 3.05) is 14.1 Å². The fraction of sp³-hybridized carbons (Fsp3) is 0.500. The van der Waals surface area contributed by atoms with E-state index in [-0.39, 0.29) is 24.3 Å². The molecule has 1 aliphatic rings. The highest BCUT2D eigenvalue weighted by atomic mass is 16.2. The van der Waals surface area contributed by atoms with E-state index in [4.69, 9.17) is 0 Å². The number of aldehydes is 2. The third kappa shape index (κ3) is 5.47. The summed E-state index contributed by atoms with van der Waals surface area (Å²) in [5, 5.41) is 5.61. The molecule has 2 amide bonds. The van der Waals surface area contributed by atoms with Gasteiger partial charge < -0.3 is 15.4 Å². The van der Waals surface area contributed by atoms with E-state index >= 15 is 0 Å². The number of rotatable bonds is 9. The van der Waals surface area contributed by atoms with E-state index in [0.29, 0.717) is 24.9 Å². The third-order valence-electron chi connectivity index (χ3n) is 4.99. The van der Waals surface area contributed by atoms with E-state index in [1.807, 2.05) is 17.0 Å². The second-order valence-electron chi connectivity index (χ2n) is 6.88. The molecular formula is C20H27N3O4. The predicted octanol–water partition coefficient (Wildman–Crippen LogP) is 1.37. The molecule has 7 heteroatoms. The first-order valence-electron chi connectivity index (χ1n) is 9.23. The highest BCUT2D eigenvalue weighted by Gasteiger charge is 2.24. The van der Waals surface area contributed by atoms with Gasteiger partial charge in [0.15, 0.2) is 0 Å². The average Bonchev–Trinajstić information content (AvgIpc) is 2.68. The van der Waals surface area contributed by atoms with Crippen molar-refractivity contribution >= 4 is 24.4 Å². The van der Waals surface area contributed by atoms with Crippen molar-refractivity contribution in [2.45, 2.75) is 50.7 Å². The number of amides is 2. The molecule has 27 heavy (non-hydrogen) atoms. The highest BCUT2D eigenvalue weighted by molar-refractivity contribution is 5.82. The molecule has 0 saturated carbocycles. The van der Waals surface area contributed by atoms with Crippen LogP contribution in [-0.4, -0.2) is 49.4 Å². The van der Waals surface area contributed by atoms with Crippen LogP contribution in [-0.2, 0) is 20.9 Å². The number of nitrogens with zero attached hydrogens (tertiary/aromatic N) is 1. The number of hydrogen-bond acceptors (Lipinski definition) is 5. The Hall–Kier alpha value is -2.54. The molecule has 0 radical (unpaired) electrons. The second kappa shape index (κ2) is 9.97. The Morgan fingerprint density at radius 2 is 2.19 bits per heavy atom. The van der Waals surface area contributed by atoms with Gasteiger partial charge in [-0.1, -0.05) is 18.2 Å². The summed E-state index contributed by atoms with van der Waals surface area (Å²) in [5.74, 6) is -0.124. The van der Waals surface area contributed by atoms with Gasteiger partial charge in [0.2, 0.25) is 11.8 Å². The smallest absolute Gasteiger partial charge is 0.237 e. The largest absolute Gasteiger partial charge is 0.358 e. The van der Waals surface area contributed by atoms with Crippen LogP contribution in [0.5, 0.6) is 0 Å². The van der Waals surface area contributed by atoms with Crippen LogP contribution in [0.3, 0.4) is 0 Å². The molecule has 2 unspecified atom stereocenters. The Morgan fingerprint density at radius 1 is 1.41 bits per heavy atom. The van der Waals surface area contributed by atoms with Crippen LogP contribution in [0.4, 0.5) is 0 Å². The number of carbonyl (C=O) groups excluding carboxylic acids is 4. The molecule has 1 saturated heterocycles.